The minimum atomic E-state index is -3.93. The highest BCUT2D eigenvalue weighted by Gasteiger charge is 2.38. The molecular weight excluding hydrogens is 524 g/mol. The van der Waals surface area contributed by atoms with Gasteiger partial charge in [-0.3, -0.25) is 4.90 Å². The first-order valence-corrected chi connectivity index (χ1v) is 15.0. The fraction of sp³-hybridized carbons (Fsp3) is 0.375. The van der Waals surface area contributed by atoms with Crippen molar-refractivity contribution in [1.29, 1.82) is 0 Å². The lowest BCUT2D eigenvalue weighted by atomic mass is 10.0. The number of likely N-dealkylation sites (N-methyl/N-ethyl adjacent to an activating group) is 1. The first kappa shape index (κ1) is 29.8. The van der Waals surface area contributed by atoms with E-state index in [4.69, 9.17) is 4.74 Å². The summed E-state index contributed by atoms with van der Waals surface area (Å²) in [4.78, 5) is 2.22. The monoisotopic (exact) mass is 562 g/mol. The van der Waals surface area contributed by atoms with Crippen molar-refractivity contribution in [2.45, 2.75) is 50.5 Å². The van der Waals surface area contributed by atoms with Gasteiger partial charge in [-0.25, -0.2) is 8.42 Å². The van der Waals surface area contributed by atoms with Gasteiger partial charge in [0.2, 0.25) is 10.0 Å². The molecule has 2 N–H and O–H groups in total. The van der Waals surface area contributed by atoms with Crippen molar-refractivity contribution < 1.29 is 23.4 Å². The molecule has 0 aliphatic carbocycles. The van der Waals surface area contributed by atoms with E-state index in [0.717, 1.165) is 11.1 Å². The molecule has 40 heavy (non-hydrogen) atoms. The number of nitrogens with zero attached hydrogens (tertiary/aromatic N) is 2. The van der Waals surface area contributed by atoms with Crippen LogP contribution in [-0.2, 0) is 16.6 Å². The third-order valence-corrected chi connectivity index (χ3v) is 9.12. The van der Waals surface area contributed by atoms with Crippen molar-refractivity contribution in [1.82, 2.24) is 9.21 Å². The number of rotatable bonds is 7. The summed E-state index contributed by atoms with van der Waals surface area (Å²) in [6, 6.07) is 22.9. The number of aliphatic hydroxyl groups is 2. The molecule has 0 radical (unpaired) electrons. The van der Waals surface area contributed by atoms with Crippen LogP contribution in [0.3, 0.4) is 0 Å². The van der Waals surface area contributed by atoms with Gasteiger partial charge in [-0.1, -0.05) is 73.4 Å². The predicted molar refractivity (Wildman–Crippen MR) is 157 cm³/mol. The average Bonchev–Trinajstić information content (AvgIpc) is 2.94. The Balaban J connectivity index is 1.59. The maximum atomic E-state index is 13.6. The second kappa shape index (κ2) is 13.0. The lowest BCUT2D eigenvalue weighted by Gasteiger charge is -2.37. The lowest BCUT2D eigenvalue weighted by Crippen LogP contribution is -2.49. The Morgan fingerprint density at radius 3 is 2.38 bits per heavy atom. The van der Waals surface area contributed by atoms with Gasteiger partial charge in [0, 0.05) is 37.2 Å². The largest absolute Gasteiger partial charge is 0.487 e. The molecular formula is C32H38N2O5S. The molecule has 8 heteroatoms. The van der Waals surface area contributed by atoms with Crippen LogP contribution in [0.5, 0.6) is 5.75 Å². The molecule has 3 aromatic carbocycles. The zero-order valence-corrected chi connectivity index (χ0v) is 24.3. The Morgan fingerprint density at radius 2 is 1.73 bits per heavy atom. The Bertz CT molecular complexity index is 1450. The summed E-state index contributed by atoms with van der Waals surface area (Å²) in [5.74, 6) is 5.64. The van der Waals surface area contributed by atoms with Crippen molar-refractivity contribution >= 4 is 10.0 Å². The third-order valence-electron chi connectivity index (χ3n) is 7.10. The zero-order chi connectivity index (χ0) is 28.9. The smallest absolute Gasteiger partial charge is 0.247 e. The summed E-state index contributed by atoms with van der Waals surface area (Å²) in [7, 11) is -1.90. The summed E-state index contributed by atoms with van der Waals surface area (Å²) in [5, 5.41) is 19.4. The first-order valence-electron chi connectivity index (χ1n) is 13.5. The highest BCUT2D eigenvalue weighted by Crippen LogP contribution is 2.34. The maximum Gasteiger partial charge on any atom is 0.247 e. The van der Waals surface area contributed by atoms with E-state index in [1.54, 1.807) is 26.0 Å². The van der Waals surface area contributed by atoms with Crippen LogP contribution in [0.4, 0.5) is 0 Å². The van der Waals surface area contributed by atoms with Crippen LogP contribution in [0.15, 0.2) is 77.7 Å². The maximum absolute atomic E-state index is 13.6. The Morgan fingerprint density at radius 1 is 1.05 bits per heavy atom. The average molecular weight is 563 g/mol. The SMILES string of the molecule is C[C@H](O)C#Cc1ccc2c(c1)O[C@H](CN(C)Cc1ccc(-c3ccccc3)cc1)[C@@H](C)CN([C@@H](C)CO)S2(=O)=O. The van der Waals surface area contributed by atoms with Crippen LogP contribution in [0.2, 0.25) is 0 Å². The molecule has 4 atom stereocenters. The molecule has 0 saturated heterocycles. The van der Waals surface area contributed by atoms with Crippen molar-refractivity contribution in [3.05, 3.63) is 83.9 Å². The minimum absolute atomic E-state index is 0.0476. The molecule has 4 rings (SSSR count). The van der Waals surface area contributed by atoms with E-state index >= 15 is 0 Å². The number of sulfonamides is 1. The fourth-order valence-electron chi connectivity index (χ4n) is 4.83. The molecule has 0 amide bonds. The molecule has 1 heterocycles. The molecule has 212 valence electrons. The molecule has 0 unspecified atom stereocenters. The second-order valence-electron chi connectivity index (χ2n) is 10.6. The van der Waals surface area contributed by atoms with Crippen LogP contribution < -0.4 is 4.74 Å². The molecule has 0 spiro atoms. The van der Waals surface area contributed by atoms with Gasteiger partial charge in [-0.15, -0.1) is 0 Å². The molecule has 0 aromatic heterocycles. The number of hydrogen-bond donors (Lipinski definition) is 2. The molecule has 0 fully saturated rings. The molecule has 0 bridgehead atoms. The van der Waals surface area contributed by atoms with Crippen molar-refractivity contribution in [2.75, 3.05) is 26.7 Å². The summed E-state index contributed by atoms with van der Waals surface area (Å²) in [5.41, 5.74) is 4.05. The molecule has 3 aromatic rings. The number of benzene rings is 3. The topological polar surface area (TPSA) is 90.3 Å². The predicted octanol–water partition coefficient (Wildman–Crippen LogP) is 3.99. The third kappa shape index (κ3) is 7.11. The standard InChI is InChI=1S/C32H38N2O5S/c1-23-19-34(24(2)22-35)40(37,38)32-17-14-26(11-10-25(3)36)18-30(32)39-31(23)21-33(4)20-27-12-15-29(16-13-27)28-8-6-5-7-9-28/h5-9,12-18,23-25,31,35-36H,19-22H2,1-4H3/t23-,24-,25-,31+/m0/s1. The van der Waals surface area contributed by atoms with E-state index in [-0.39, 0.29) is 35.8 Å². The minimum Gasteiger partial charge on any atom is -0.487 e. The molecule has 1 aliphatic rings. The van der Waals surface area contributed by atoms with Gasteiger partial charge in [0.1, 0.15) is 22.9 Å². The summed E-state index contributed by atoms with van der Waals surface area (Å²) < 4.78 is 35.1. The molecule has 7 nitrogen and oxygen atoms in total. The Hall–Kier alpha value is -3.19. The lowest BCUT2D eigenvalue weighted by molar-refractivity contribution is 0.0733. The van der Waals surface area contributed by atoms with Gasteiger partial charge in [0.05, 0.1) is 6.61 Å². The van der Waals surface area contributed by atoms with Crippen molar-refractivity contribution in [3.63, 3.8) is 0 Å². The van der Waals surface area contributed by atoms with Crippen LogP contribution in [-0.4, -0.2) is 72.8 Å². The van der Waals surface area contributed by atoms with Crippen molar-refractivity contribution in [3.8, 4) is 28.7 Å². The van der Waals surface area contributed by atoms with E-state index in [1.165, 1.54) is 15.9 Å². The molecule has 0 saturated carbocycles. The van der Waals surface area contributed by atoms with Crippen LogP contribution >= 0.6 is 0 Å². The second-order valence-corrected chi connectivity index (χ2v) is 12.5. The van der Waals surface area contributed by atoms with Gasteiger partial charge >= 0.3 is 0 Å². The van der Waals surface area contributed by atoms with Gasteiger partial charge < -0.3 is 14.9 Å². The van der Waals surface area contributed by atoms with Crippen LogP contribution in [0.25, 0.3) is 11.1 Å². The summed E-state index contributed by atoms with van der Waals surface area (Å²) >= 11 is 0. The quantitative estimate of drug-likeness (QED) is 0.424. The van der Waals surface area contributed by atoms with E-state index in [1.807, 2.05) is 32.2 Å². The highest BCUT2D eigenvalue weighted by molar-refractivity contribution is 7.89. The van der Waals surface area contributed by atoms with Crippen LogP contribution in [0, 0.1) is 17.8 Å². The fourth-order valence-corrected chi connectivity index (χ4v) is 6.65. The van der Waals surface area contributed by atoms with E-state index < -0.39 is 22.2 Å². The normalized spacial score (nSPS) is 20.3. The van der Waals surface area contributed by atoms with Gasteiger partial charge in [0.15, 0.2) is 0 Å². The number of fused-ring (bicyclic) bond motifs is 1. The Kier molecular flexibility index (Phi) is 9.67. The van der Waals surface area contributed by atoms with E-state index in [2.05, 4.69) is 53.1 Å². The van der Waals surface area contributed by atoms with Gasteiger partial charge in [-0.05, 0) is 55.8 Å². The molecule has 1 aliphatic heterocycles. The van der Waals surface area contributed by atoms with Crippen LogP contribution in [0.1, 0.15) is 31.9 Å². The number of aliphatic hydroxyl groups excluding tert-OH is 2. The van der Waals surface area contributed by atoms with Crippen molar-refractivity contribution in [2.24, 2.45) is 5.92 Å². The van der Waals surface area contributed by atoms with Gasteiger partial charge in [0.25, 0.3) is 0 Å². The first-order chi connectivity index (χ1) is 19.1. The van der Waals surface area contributed by atoms with Gasteiger partial charge in [-0.2, -0.15) is 4.31 Å². The number of ether oxygens (including phenoxy) is 1. The number of hydrogen-bond acceptors (Lipinski definition) is 6. The summed E-state index contributed by atoms with van der Waals surface area (Å²) in [6.07, 6.45) is -1.13. The highest BCUT2D eigenvalue weighted by atomic mass is 32.2. The van der Waals surface area contributed by atoms with E-state index in [9.17, 15) is 18.6 Å². The van der Waals surface area contributed by atoms with E-state index in [0.29, 0.717) is 18.7 Å². The Labute approximate surface area is 238 Å². The zero-order valence-electron chi connectivity index (χ0n) is 23.5. The summed E-state index contributed by atoms with van der Waals surface area (Å²) in [6.45, 7) is 6.44.